The van der Waals surface area contributed by atoms with Crippen LogP contribution >= 0.6 is 0 Å². The zero-order chi connectivity index (χ0) is 8.65. The van der Waals surface area contributed by atoms with Crippen molar-refractivity contribution < 1.29 is 19.8 Å². The molecule has 0 aromatic rings. The van der Waals surface area contributed by atoms with Gasteiger partial charge in [0.25, 0.3) is 0 Å². The fraction of sp³-hybridized carbons (Fsp3) is 0.429. The lowest BCUT2D eigenvalue weighted by molar-refractivity contribution is -0.157. The van der Waals surface area contributed by atoms with Crippen LogP contribution in [0.25, 0.3) is 0 Å². The molecule has 1 rings (SSSR count). The van der Waals surface area contributed by atoms with Crippen LogP contribution in [-0.4, -0.2) is 22.2 Å². The first-order valence-corrected chi connectivity index (χ1v) is 3.14. The Morgan fingerprint density at radius 3 is 2.09 bits per heavy atom. The van der Waals surface area contributed by atoms with E-state index in [4.69, 9.17) is 10.2 Å². The van der Waals surface area contributed by atoms with Gasteiger partial charge in [0.15, 0.2) is 0 Å². The van der Waals surface area contributed by atoms with Crippen molar-refractivity contribution in [2.75, 3.05) is 0 Å². The van der Waals surface area contributed by atoms with Crippen LogP contribution in [0.4, 0.5) is 0 Å². The highest BCUT2D eigenvalue weighted by atomic mass is 16.4. The molecule has 1 aliphatic rings. The van der Waals surface area contributed by atoms with Crippen LogP contribution in [0.5, 0.6) is 0 Å². The van der Waals surface area contributed by atoms with E-state index < -0.39 is 23.3 Å². The van der Waals surface area contributed by atoms with E-state index in [9.17, 15) is 9.59 Å². The Balaban J connectivity index is 2.86. The molecule has 2 N–H and O–H groups in total. The molecular weight excluding hydrogens is 148 g/mol. The molecule has 11 heavy (non-hydrogen) atoms. The number of carboxylic acids is 2. The van der Waals surface area contributed by atoms with Gasteiger partial charge in [0.05, 0.1) is 11.3 Å². The minimum absolute atomic E-state index is 0.875. The van der Waals surface area contributed by atoms with Crippen LogP contribution in [0, 0.1) is 11.3 Å². The van der Waals surface area contributed by atoms with E-state index in [0.717, 1.165) is 0 Å². The van der Waals surface area contributed by atoms with Gasteiger partial charge < -0.3 is 10.2 Å². The van der Waals surface area contributed by atoms with Gasteiger partial charge in [-0.15, -0.1) is 0 Å². The highest BCUT2D eigenvalue weighted by molar-refractivity contribution is 5.89. The number of rotatable bonds is 2. The summed E-state index contributed by atoms with van der Waals surface area (Å²) in [6, 6.07) is 0. The maximum Gasteiger partial charge on any atom is 0.314 e. The summed E-state index contributed by atoms with van der Waals surface area (Å²) >= 11 is 0. The summed E-state index contributed by atoms with van der Waals surface area (Å²) in [5, 5.41) is 17.1. The van der Waals surface area contributed by atoms with E-state index in [2.05, 4.69) is 0 Å². The normalized spacial score (nSPS) is 34.5. The van der Waals surface area contributed by atoms with E-state index in [1.165, 1.54) is 19.1 Å². The topological polar surface area (TPSA) is 74.6 Å². The van der Waals surface area contributed by atoms with Crippen molar-refractivity contribution in [1.29, 1.82) is 0 Å². The Labute approximate surface area is 63.1 Å². The summed E-state index contributed by atoms with van der Waals surface area (Å²) < 4.78 is 0. The molecule has 0 fully saturated rings. The van der Waals surface area contributed by atoms with Crippen molar-refractivity contribution in [2.45, 2.75) is 6.92 Å². The van der Waals surface area contributed by atoms with Crippen molar-refractivity contribution in [3.63, 3.8) is 0 Å². The molecule has 4 nitrogen and oxygen atoms in total. The maximum absolute atomic E-state index is 10.5. The Kier molecular flexibility index (Phi) is 1.47. The molecule has 0 aromatic heterocycles. The molecule has 0 aromatic carbocycles. The molecule has 0 spiro atoms. The predicted octanol–water partition coefficient (Wildman–Crippen LogP) is 0.348. The lowest BCUT2D eigenvalue weighted by Gasteiger charge is -2.33. The van der Waals surface area contributed by atoms with E-state index in [0.29, 0.717) is 0 Å². The molecule has 4 heteroatoms. The van der Waals surface area contributed by atoms with Gasteiger partial charge >= 0.3 is 11.9 Å². The largest absolute Gasteiger partial charge is 0.481 e. The number of aliphatic carboxylic acids is 2. The maximum atomic E-state index is 10.5. The third-order valence-electron chi connectivity index (χ3n) is 2.01. The molecule has 0 bridgehead atoms. The first-order valence-electron chi connectivity index (χ1n) is 3.14. The van der Waals surface area contributed by atoms with Crippen molar-refractivity contribution in [3.8, 4) is 0 Å². The van der Waals surface area contributed by atoms with Crippen LogP contribution in [-0.2, 0) is 9.59 Å². The van der Waals surface area contributed by atoms with Crippen LogP contribution < -0.4 is 0 Å². The number of carbonyl (C=O) groups is 2. The standard InChI is InChI=1S/C7H8O4/c1-7(6(10)11)3-2-4(7)5(8)9/h2-4H,1H3,(H,8,9)(H,10,11). The lowest BCUT2D eigenvalue weighted by Crippen LogP contribution is -2.43. The van der Waals surface area contributed by atoms with Gasteiger partial charge in [-0.3, -0.25) is 9.59 Å². The molecule has 0 saturated carbocycles. The van der Waals surface area contributed by atoms with E-state index in [1.54, 1.807) is 0 Å². The van der Waals surface area contributed by atoms with Gasteiger partial charge in [-0.2, -0.15) is 0 Å². The third kappa shape index (κ3) is 0.906. The second-order valence-corrected chi connectivity index (χ2v) is 2.76. The van der Waals surface area contributed by atoms with Crippen LogP contribution in [0.15, 0.2) is 12.2 Å². The van der Waals surface area contributed by atoms with Crippen molar-refractivity contribution in [3.05, 3.63) is 12.2 Å². The Morgan fingerprint density at radius 1 is 1.45 bits per heavy atom. The number of carboxylic acid groups (broad SMARTS) is 2. The molecule has 0 saturated heterocycles. The van der Waals surface area contributed by atoms with Crippen molar-refractivity contribution in [2.24, 2.45) is 11.3 Å². The summed E-state index contributed by atoms with van der Waals surface area (Å²) in [7, 11) is 0. The van der Waals surface area contributed by atoms with Gasteiger partial charge in [0.2, 0.25) is 0 Å². The Morgan fingerprint density at radius 2 is 2.00 bits per heavy atom. The smallest absolute Gasteiger partial charge is 0.314 e. The molecular formula is C7H8O4. The molecule has 0 heterocycles. The fourth-order valence-electron chi connectivity index (χ4n) is 1.02. The summed E-state index contributed by atoms with van der Waals surface area (Å²) in [4.78, 5) is 20.9. The minimum atomic E-state index is -1.20. The quantitative estimate of drug-likeness (QED) is 0.565. The molecule has 60 valence electrons. The molecule has 0 amide bonds. The molecule has 2 unspecified atom stereocenters. The van der Waals surface area contributed by atoms with Gasteiger partial charge in [-0.25, -0.2) is 0 Å². The third-order valence-corrected chi connectivity index (χ3v) is 2.01. The lowest BCUT2D eigenvalue weighted by atomic mass is 9.68. The number of hydrogen-bond donors (Lipinski definition) is 2. The molecule has 0 aliphatic heterocycles. The van der Waals surface area contributed by atoms with Gasteiger partial charge in [0, 0.05) is 0 Å². The van der Waals surface area contributed by atoms with Crippen LogP contribution in [0.2, 0.25) is 0 Å². The first kappa shape index (κ1) is 7.78. The fourth-order valence-corrected chi connectivity index (χ4v) is 1.02. The zero-order valence-electron chi connectivity index (χ0n) is 5.94. The molecule has 0 radical (unpaired) electrons. The zero-order valence-corrected chi connectivity index (χ0v) is 5.94. The average molecular weight is 156 g/mol. The summed E-state index contributed by atoms with van der Waals surface area (Å²) in [5.74, 6) is -3.05. The Hall–Kier alpha value is -1.32. The summed E-state index contributed by atoms with van der Waals surface area (Å²) in [5.41, 5.74) is -1.20. The number of hydrogen-bond acceptors (Lipinski definition) is 2. The second-order valence-electron chi connectivity index (χ2n) is 2.76. The van der Waals surface area contributed by atoms with Crippen molar-refractivity contribution in [1.82, 2.24) is 0 Å². The summed E-state index contributed by atoms with van der Waals surface area (Å²) in [6.07, 6.45) is 2.78. The SMILES string of the molecule is CC1(C(=O)O)C=CC1C(=O)O. The van der Waals surface area contributed by atoms with Crippen molar-refractivity contribution >= 4 is 11.9 Å². The van der Waals surface area contributed by atoms with E-state index >= 15 is 0 Å². The second kappa shape index (κ2) is 2.08. The molecule has 1 aliphatic carbocycles. The highest BCUT2D eigenvalue weighted by Crippen LogP contribution is 2.39. The minimum Gasteiger partial charge on any atom is -0.481 e. The first-order chi connectivity index (χ1) is 4.98. The van der Waals surface area contributed by atoms with Gasteiger partial charge in [-0.05, 0) is 6.92 Å². The monoisotopic (exact) mass is 156 g/mol. The van der Waals surface area contributed by atoms with E-state index in [1.807, 2.05) is 0 Å². The highest BCUT2D eigenvalue weighted by Gasteiger charge is 2.48. The average Bonchev–Trinajstić information content (AvgIpc) is 1.82. The van der Waals surface area contributed by atoms with Gasteiger partial charge in [-0.1, -0.05) is 12.2 Å². The predicted molar refractivity (Wildman–Crippen MR) is 36.0 cm³/mol. The Bertz CT molecular complexity index is 243. The molecule has 2 atom stereocenters. The summed E-state index contributed by atoms with van der Waals surface area (Å²) in [6.45, 7) is 1.40. The van der Waals surface area contributed by atoms with Gasteiger partial charge in [0.1, 0.15) is 0 Å². The van der Waals surface area contributed by atoms with Crippen LogP contribution in [0.1, 0.15) is 6.92 Å². The van der Waals surface area contributed by atoms with E-state index in [-0.39, 0.29) is 0 Å². The van der Waals surface area contributed by atoms with Crippen LogP contribution in [0.3, 0.4) is 0 Å².